The maximum Gasteiger partial charge on any atom is 0.165 e. The summed E-state index contributed by atoms with van der Waals surface area (Å²) in [5, 5.41) is 0.749. The Morgan fingerprint density at radius 1 is 1.26 bits per heavy atom. The van der Waals surface area contributed by atoms with Crippen LogP contribution in [0.25, 0.3) is 0 Å². The number of fused-ring (bicyclic) bond motifs is 1. The van der Waals surface area contributed by atoms with E-state index in [1.54, 1.807) is 0 Å². The Morgan fingerprint density at radius 3 is 2.63 bits per heavy atom. The zero-order valence-corrected chi connectivity index (χ0v) is 12.1. The number of nitrogens with two attached hydrogens (primary N) is 1. The third kappa shape index (κ3) is 2.00. The predicted octanol–water partition coefficient (Wildman–Crippen LogP) is 3.19. The van der Waals surface area contributed by atoms with E-state index in [2.05, 4.69) is 6.92 Å². The van der Waals surface area contributed by atoms with Gasteiger partial charge in [-0.3, -0.25) is 0 Å². The van der Waals surface area contributed by atoms with E-state index < -0.39 is 0 Å². The molecule has 1 aliphatic heterocycles. The van der Waals surface area contributed by atoms with Crippen LogP contribution in [0.5, 0.6) is 11.5 Å². The third-order valence-corrected chi connectivity index (χ3v) is 4.90. The van der Waals surface area contributed by atoms with Crippen LogP contribution < -0.4 is 15.2 Å². The lowest BCUT2D eigenvalue weighted by Gasteiger charge is -2.34. The maximum atomic E-state index is 6.37. The van der Waals surface area contributed by atoms with E-state index >= 15 is 0 Å². The van der Waals surface area contributed by atoms with Crippen molar-refractivity contribution >= 4 is 11.6 Å². The summed E-state index contributed by atoms with van der Waals surface area (Å²) in [5.41, 5.74) is 8.41. The van der Waals surface area contributed by atoms with Crippen LogP contribution in [-0.4, -0.2) is 19.8 Å². The second-order valence-corrected chi connectivity index (χ2v) is 5.98. The number of benzene rings is 1. The SMILES string of the molecule is Cc1c(Cl)cc2c(c1C1(CN)CCCC1)OCCO2. The average Bonchev–Trinajstić information content (AvgIpc) is 2.90. The minimum Gasteiger partial charge on any atom is -0.486 e. The average molecular weight is 282 g/mol. The molecule has 1 heterocycles. The Labute approximate surface area is 119 Å². The first-order chi connectivity index (χ1) is 9.18. The van der Waals surface area contributed by atoms with Crippen molar-refractivity contribution in [1.29, 1.82) is 0 Å². The Morgan fingerprint density at radius 2 is 1.95 bits per heavy atom. The topological polar surface area (TPSA) is 44.5 Å². The Hall–Kier alpha value is -0.930. The van der Waals surface area contributed by atoms with Crippen LogP contribution in [-0.2, 0) is 5.41 Å². The molecule has 1 saturated carbocycles. The van der Waals surface area contributed by atoms with Crippen molar-refractivity contribution in [1.82, 2.24) is 0 Å². The molecule has 0 aromatic heterocycles. The Bertz CT molecular complexity index is 495. The van der Waals surface area contributed by atoms with Crippen molar-refractivity contribution in [3.05, 3.63) is 22.2 Å². The van der Waals surface area contributed by atoms with Crippen LogP contribution >= 0.6 is 11.6 Å². The highest BCUT2D eigenvalue weighted by Gasteiger charge is 2.40. The molecule has 3 nitrogen and oxygen atoms in total. The molecule has 0 amide bonds. The third-order valence-electron chi connectivity index (χ3n) is 4.51. The molecule has 0 saturated heterocycles. The number of rotatable bonds is 2. The van der Waals surface area contributed by atoms with Gasteiger partial charge in [-0.25, -0.2) is 0 Å². The molecule has 1 aliphatic carbocycles. The fraction of sp³-hybridized carbons (Fsp3) is 0.600. The maximum absolute atomic E-state index is 6.37. The number of ether oxygens (including phenoxy) is 2. The summed E-state index contributed by atoms with van der Waals surface area (Å²) in [7, 11) is 0. The van der Waals surface area contributed by atoms with Crippen molar-refractivity contribution in [2.45, 2.75) is 38.0 Å². The Balaban J connectivity index is 2.21. The molecule has 1 fully saturated rings. The van der Waals surface area contributed by atoms with Gasteiger partial charge in [0, 0.05) is 28.6 Å². The van der Waals surface area contributed by atoms with E-state index in [1.807, 2.05) is 6.07 Å². The van der Waals surface area contributed by atoms with Crippen molar-refractivity contribution in [2.75, 3.05) is 19.8 Å². The van der Waals surface area contributed by atoms with Crippen LogP contribution in [0.4, 0.5) is 0 Å². The molecule has 0 radical (unpaired) electrons. The van der Waals surface area contributed by atoms with Gasteiger partial charge < -0.3 is 15.2 Å². The Kier molecular flexibility index (Phi) is 3.35. The summed E-state index contributed by atoms with van der Waals surface area (Å²) >= 11 is 6.37. The molecule has 0 atom stereocenters. The van der Waals surface area contributed by atoms with Gasteiger partial charge in [-0.05, 0) is 25.3 Å². The van der Waals surface area contributed by atoms with Crippen LogP contribution in [0.3, 0.4) is 0 Å². The highest BCUT2D eigenvalue weighted by molar-refractivity contribution is 6.31. The first kappa shape index (κ1) is 13.1. The van der Waals surface area contributed by atoms with Crippen molar-refractivity contribution in [3.63, 3.8) is 0 Å². The van der Waals surface area contributed by atoms with Gasteiger partial charge in [-0.15, -0.1) is 0 Å². The minimum atomic E-state index is 0.0137. The molecule has 1 aromatic rings. The molecule has 3 rings (SSSR count). The van der Waals surface area contributed by atoms with Crippen molar-refractivity contribution < 1.29 is 9.47 Å². The molecule has 0 bridgehead atoms. The fourth-order valence-corrected chi connectivity index (χ4v) is 3.69. The largest absolute Gasteiger partial charge is 0.486 e. The molecular weight excluding hydrogens is 262 g/mol. The van der Waals surface area contributed by atoms with Crippen LogP contribution in [0.2, 0.25) is 5.02 Å². The van der Waals surface area contributed by atoms with Gasteiger partial charge in [0.25, 0.3) is 0 Å². The number of halogens is 1. The molecule has 0 unspecified atom stereocenters. The van der Waals surface area contributed by atoms with Gasteiger partial charge in [0.2, 0.25) is 0 Å². The normalized spacial score (nSPS) is 20.6. The smallest absolute Gasteiger partial charge is 0.165 e. The molecule has 2 aliphatic rings. The lowest BCUT2D eigenvalue weighted by Crippen LogP contribution is -2.34. The molecular formula is C15H20ClNO2. The first-order valence-corrected chi connectivity index (χ1v) is 7.35. The summed E-state index contributed by atoms with van der Waals surface area (Å²) in [6.45, 7) is 3.89. The second kappa shape index (κ2) is 4.88. The lowest BCUT2D eigenvalue weighted by atomic mass is 9.76. The highest BCUT2D eigenvalue weighted by atomic mass is 35.5. The van der Waals surface area contributed by atoms with Gasteiger partial charge in [0.1, 0.15) is 13.2 Å². The van der Waals surface area contributed by atoms with E-state index in [1.165, 1.54) is 18.4 Å². The second-order valence-electron chi connectivity index (χ2n) is 5.57. The quantitative estimate of drug-likeness (QED) is 0.905. The minimum absolute atomic E-state index is 0.0137. The lowest BCUT2D eigenvalue weighted by molar-refractivity contribution is 0.166. The number of hydrogen-bond donors (Lipinski definition) is 1. The van der Waals surface area contributed by atoms with Gasteiger partial charge in [0.15, 0.2) is 11.5 Å². The van der Waals surface area contributed by atoms with E-state index in [0.717, 1.165) is 34.9 Å². The monoisotopic (exact) mass is 281 g/mol. The molecule has 0 spiro atoms. The van der Waals surface area contributed by atoms with E-state index in [0.29, 0.717) is 19.8 Å². The predicted molar refractivity (Wildman–Crippen MR) is 76.4 cm³/mol. The van der Waals surface area contributed by atoms with Gasteiger partial charge >= 0.3 is 0 Å². The van der Waals surface area contributed by atoms with Crippen LogP contribution in [0, 0.1) is 6.92 Å². The van der Waals surface area contributed by atoms with Gasteiger partial charge in [-0.1, -0.05) is 24.4 Å². The van der Waals surface area contributed by atoms with Crippen LogP contribution in [0.15, 0.2) is 6.07 Å². The standard InChI is InChI=1S/C15H20ClNO2/c1-10-11(16)8-12-14(19-7-6-18-12)13(10)15(9-17)4-2-3-5-15/h8H,2-7,9,17H2,1H3. The molecule has 19 heavy (non-hydrogen) atoms. The van der Waals surface area contributed by atoms with Crippen molar-refractivity contribution in [3.8, 4) is 11.5 Å². The van der Waals surface area contributed by atoms with E-state index in [9.17, 15) is 0 Å². The van der Waals surface area contributed by atoms with E-state index in [4.69, 9.17) is 26.8 Å². The van der Waals surface area contributed by atoms with Crippen molar-refractivity contribution in [2.24, 2.45) is 5.73 Å². The zero-order chi connectivity index (χ0) is 13.5. The molecule has 4 heteroatoms. The van der Waals surface area contributed by atoms with Crippen LogP contribution in [0.1, 0.15) is 36.8 Å². The van der Waals surface area contributed by atoms with E-state index in [-0.39, 0.29) is 5.41 Å². The summed E-state index contributed by atoms with van der Waals surface area (Å²) in [4.78, 5) is 0. The summed E-state index contributed by atoms with van der Waals surface area (Å²) < 4.78 is 11.6. The molecule has 1 aromatic carbocycles. The summed E-state index contributed by atoms with van der Waals surface area (Å²) in [6.07, 6.45) is 4.67. The molecule has 104 valence electrons. The van der Waals surface area contributed by atoms with Gasteiger partial charge in [-0.2, -0.15) is 0 Å². The summed E-state index contributed by atoms with van der Waals surface area (Å²) in [5.74, 6) is 1.65. The number of hydrogen-bond acceptors (Lipinski definition) is 3. The zero-order valence-electron chi connectivity index (χ0n) is 11.3. The fourth-order valence-electron chi connectivity index (χ4n) is 3.49. The summed E-state index contributed by atoms with van der Waals surface area (Å²) in [6, 6.07) is 1.87. The molecule has 2 N–H and O–H groups in total. The van der Waals surface area contributed by atoms with Gasteiger partial charge in [0.05, 0.1) is 0 Å². The first-order valence-electron chi connectivity index (χ1n) is 6.97. The highest BCUT2D eigenvalue weighted by Crippen LogP contribution is 2.50.